The van der Waals surface area contributed by atoms with Crippen LogP contribution in [0.25, 0.3) is 0 Å². The molecule has 0 bridgehead atoms. The number of thioether (sulfide) groups is 2. The molecule has 0 aromatic heterocycles. The molecular weight excluding hydrogens is 260 g/mol. The Morgan fingerprint density at radius 1 is 1.39 bits per heavy atom. The van der Waals surface area contributed by atoms with Gasteiger partial charge in [-0.25, -0.2) is 0 Å². The minimum Gasteiger partial charge on any atom is -0.271 e. The quantitative estimate of drug-likeness (QED) is 0.658. The molecule has 0 saturated carbocycles. The molecule has 1 saturated heterocycles. The molecule has 4 heteroatoms. The minimum absolute atomic E-state index is 0.254. The zero-order valence-electron chi connectivity index (χ0n) is 11.1. The summed E-state index contributed by atoms with van der Waals surface area (Å²) in [6.07, 6.45) is 1.08. The Morgan fingerprint density at radius 3 is 2.83 bits per heavy atom. The number of hydrogen-bond acceptors (Lipinski definition) is 4. The molecule has 1 aliphatic heterocycles. The van der Waals surface area contributed by atoms with Crippen molar-refractivity contribution in [1.29, 1.82) is 0 Å². The van der Waals surface area contributed by atoms with Crippen molar-refractivity contribution in [3.63, 3.8) is 0 Å². The van der Waals surface area contributed by atoms with Gasteiger partial charge in [-0.1, -0.05) is 38.1 Å². The molecule has 3 unspecified atom stereocenters. The van der Waals surface area contributed by atoms with E-state index < -0.39 is 0 Å². The molecule has 1 aromatic carbocycles. The lowest BCUT2D eigenvalue weighted by atomic mass is 9.99. The van der Waals surface area contributed by atoms with Crippen molar-refractivity contribution in [2.75, 3.05) is 11.5 Å². The second kappa shape index (κ2) is 6.85. The van der Waals surface area contributed by atoms with E-state index in [0.29, 0.717) is 10.5 Å². The Balaban J connectivity index is 2.20. The molecule has 2 nitrogen and oxygen atoms in total. The van der Waals surface area contributed by atoms with Crippen LogP contribution in [0.3, 0.4) is 0 Å². The maximum absolute atomic E-state index is 5.82. The standard InChI is InChI=1S/C14H22N2S2/c1-3-11-5-4-6-12(9-11)13(16-15)14-10(2)17-7-8-18-14/h4-6,9-10,13-14,16H,3,7-8,15H2,1-2H3. The normalized spacial score (nSPS) is 25.9. The number of nitrogens with one attached hydrogen (secondary N) is 1. The van der Waals surface area contributed by atoms with Gasteiger partial charge < -0.3 is 0 Å². The number of nitrogens with two attached hydrogens (primary N) is 1. The van der Waals surface area contributed by atoms with Crippen LogP contribution in [-0.2, 0) is 6.42 Å². The summed E-state index contributed by atoms with van der Waals surface area (Å²) < 4.78 is 0. The fraction of sp³-hybridized carbons (Fsp3) is 0.571. The number of benzene rings is 1. The fourth-order valence-corrected chi connectivity index (χ4v) is 5.33. The van der Waals surface area contributed by atoms with Gasteiger partial charge in [-0.15, -0.1) is 0 Å². The lowest BCUT2D eigenvalue weighted by Gasteiger charge is -2.34. The van der Waals surface area contributed by atoms with Gasteiger partial charge in [0.1, 0.15) is 0 Å². The van der Waals surface area contributed by atoms with Crippen LogP contribution < -0.4 is 11.3 Å². The van der Waals surface area contributed by atoms with Gasteiger partial charge in [0.25, 0.3) is 0 Å². The van der Waals surface area contributed by atoms with Crippen LogP contribution in [0.15, 0.2) is 24.3 Å². The van der Waals surface area contributed by atoms with Gasteiger partial charge in [0.15, 0.2) is 0 Å². The Hall–Kier alpha value is -0.160. The van der Waals surface area contributed by atoms with E-state index in [0.717, 1.165) is 6.42 Å². The van der Waals surface area contributed by atoms with Gasteiger partial charge in [0.05, 0.1) is 6.04 Å². The first-order valence-electron chi connectivity index (χ1n) is 6.54. The number of rotatable bonds is 4. The molecule has 1 heterocycles. The van der Waals surface area contributed by atoms with E-state index in [9.17, 15) is 0 Å². The zero-order valence-corrected chi connectivity index (χ0v) is 12.7. The maximum atomic E-state index is 5.82. The topological polar surface area (TPSA) is 38.0 Å². The summed E-state index contributed by atoms with van der Waals surface area (Å²) in [5.74, 6) is 8.30. The predicted octanol–water partition coefficient (Wildman–Crippen LogP) is 2.99. The minimum atomic E-state index is 0.254. The van der Waals surface area contributed by atoms with Crippen LogP contribution >= 0.6 is 23.5 Å². The van der Waals surface area contributed by atoms with Crippen molar-refractivity contribution in [3.05, 3.63) is 35.4 Å². The lowest BCUT2D eigenvalue weighted by Crippen LogP contribution is -2.40. The highest BCUT2D eigenvalue weighted by molar-refractivity contribution is 8.07. The highest BCUT2D eigenvalue weighted by Gasteiger charge is 2.30. The average molecular weight is 282 g/mol. The summed E-state index contributed by atoms with van der Waals surface area (Å²) in [4.78, 5) is 0. The highest BCUT2D eigenvalue weighted by Crippen LogP contribution is 2.38. The average Bonchev–Trinajstić information content (AvgIpc) is 2.42. The molecule has 1 aromatic rings. The molecule has 0 radical (unpaired) electrons. The largest absolute Gasteiger partial charge is 0.271 e. The van der Waals surface area contributed by atoms with Crippen molar-refractivity contribution in [2.24, 2.45) is 5.84 Å². The summed E-state index contributed by atoms with van der Waals surface area (Å²) in [7, 11) is 0. The lowest BCUT2D eigenvalue weighted by molar-refractivity contribution is 0.526. The third kappa shape index (κ3) is 3.23. The van der Waals surface area contributed by atoms with Crippen LogP contribution in [0.4, 0.5) is 0 Å². The number of hydrazine groups is 1. The Labute approximate surface area is 118 Å². The van der Waals surface area contributed by atoms with Crippen molar-refractivity contribution in [2.45, 2.75) is 36.8 Å². The summed E-state index contributed by atoms with van der Waals surface area (Å²) in [5.41, 5.74) is 5.74. The van der Waals surface area contributed by atoms with Gasteiger partial charge in [-0.05, 0) is 17.5 Å². The zero-order chi connectivity index (χ0) is 13.0. The summed E-state index contributed by atoms with van der Waals surface area (Å²) in [6.45, 7) is 4.51. The molecule has 0 amide bonds. The Bertz CT molecular complexity index is 384. The molecule has 3 N–H and O–H groups in total. The fourth-order valence-electron chi connectivity index (χ4n) is 2.40. The second-order valence-corrected chi connectivity index (χ2v) is 7.43. The van der Waals surface area contributed by atoms with E-state index in [-0.39, 0.29) is 6.04 Å². The van der Waals surface area contributed by atoms with Crippen molar-refractivity contribution < 1.29 is 0 Å². The first-order chi connectivity index (χ1) is 8.76. The molecule has 0 aliphatic carbocycles. The number of aryl methyl sites for hydroxylation is 1. The van der Waals surface area contributed by atoms with Crippen LogP contribution in [-0.4, -0.2) is 22.0 Å². The first-order valence-corrected chi connectivity index (χ1v) is 8.64. The molecular formula is C14H22N2S2. The third-order valence-electron chi connectivity index (χ3n) is 3.46. The van der Waals surface area contributed by atoms with E-state index in [2.05, 4.69) is 55.3 Å². The SMILES string of the molecule is CCc1cccc(C(NN)C2SCCSC2C)c1. The smallest absolute Gasteiger partial charge is 0.0589 e. The van der Waals surface area contributed by atoms with E-state index >= 15 is 0 Å². The van der Waals surface area contributed by atoms with Gasteiger partial charge in [-0.2, -0.15) is 23.5 Å². The Morgan fingerprint density at radius 2 is 2.17 bits per heavy atom. The summed E-state index contributed by atoms with van der Waals surface area (Å²) >= 11 is 4.11. The number of hydrogen-bond donors (Lipinski definition) is 2. The first kappa shape index (κ1) is 14.3. The van der Waals surface area contributed by atoms with Gasteiger partial charge in [0.2, 0.25) is 0 Å². The Kier molecular flexibility index (Phi) is 5.42. The van der Waals surface area contributed by atoms with Gasteiger partial charge in [-0.3, -0.25) is 11.3 Å². The highest BCUT2D eigenvalue weighted by atomic mass is 32.2. The van der Waals surface area contributed by atoms with E-state index in [1.54, 1.807) is 0 Å². The van der Waals surface area contributed by atoms with Gasteiger partial charge in [0, 0.05) is 22.0 Å². The molecule has 0 spiro atoms. The van der Waals surface area contributed by atoms with Gasteiger partial charge >= 0.3 is 0 Å². The molecule has 3 atom stereocenters. The van der Waals surface area contributed by atoms with Crippen LogP contribution in [0, 0.1) is 0 Å². The van der Waals surface area contributed by atoms with Crippen molar-refractivity contribution in [3.8, 4) is 0 Å². The van der Waals surface area contributed by atoms with Crippen LogP contribution in [0.5, 0.6) is 0 Å². The molecule has 2 rings (SSSR count). The van der Waals surface area contributed by atoms with E-state index in [1.165, 1.54) is 22.6 Å². The van der Waals surface area contributed by atoms with Crippen LogP contribution in [0.1, 0.15) is 31.0 Å². The van der Waals surface area contributed by atoms with Crippen molar-refractivity contribution >= 4 is 23.5 Å². The second-order valence-electron chi connectivity index (χ2n) is 4.65. The molecule has 100 valence electrons. The maximum Gasteiger partial charge on any atom is 0.0589 e. The molecule has 1 aliphatic rings. The molecule has 18 heavy (non-hydrogen) atoms. The van der Waals surface area contributed by atoms with E-state index in [1.807, 2.05) is 11.8 Å². The molecule has 1 fully saturated rings. The summed E-state index contributed by atoms with van der Waals surface area (Å²) in [5, 5.41) is 1.20. The van der Waals surface area contributed by atoms with E-state index in [4.69, 9.17) is 5.84 Å². The van der Waals surface area contributed by atoms with Crippen molar-refractivity contribution in [1.82, 2.24) is 5.43 Å². The third-order valence-corrected chi connectivity index (χ3v) is 6.66. The summed E-state index contributed by atoms with van der Waals surface area (Å²) in [6, 6.07) is 9.06. The predicted molar refractivity (Wildman–Crippen MR) is 84.1 cm³/mol. The monoisotopic (exact) mass is 282 g/mol. The van der Waals surface area contributed by atoms with Crippen LogP contribution in [0.2, 0.25) is 0 Å².